The first kappa shape index (κ1) is 17.7. The molecule has 0 bridgehead atoms. The SMILES string of the molecule is COc1ccc(NC(=O)Cn2cc(NC(=O)C3CCC3)nn2)c(OC)c1. The average molecular weight is 359 g/mol. The van der Waals surface area contributed by atoms with E-state index in [1.54, 1.807) is 25.3 Å². The van der Waals surface area contributed by atoms with Gasteiger partial charge in [-0.2, -0.15) is 0 Å². The Hall–Kier alpha value is -3.10. The fraction of sp³-hybridized carbons (Fsp3) is 0.412. The summed E-state index contributed by atoms with van der Waals surface area (Å²) < 4.78 is 11.7. The van der Waals surface area contributed by atoms with Crippen LogP contribution in [0, 0.1) is 5.92 Å². The van der Waals surface area contributed by atoms with Crippen molar-refractivity contribution in [3.05, 3.63) is 24.4 Å². The van der Waals surface area contributed by atoms with Crippen LogP contribution >= 0.6 is 0 Å². The molecule has 0 saturated heterocycles. The van der Waals surface area contributed by atoms with Crippen LogP contribution in [0.2, 0.25) is 0 Å². The molecule has 2 aromatic rings. The lowest BCUT2D eigenvalue weighted by Crippen LogP contribution is -2.28. The summed E-state index contributed by atoms with van der Waals surface area (Å²) in [5.41, 5.74) is 0.525. The van der Waals surface area contributed by atoms with Crippen LogP contribution in [0.5, 0.6) is 11.5 Å². The number of benzene rings is 1. The van der Waals surface area contributed by atoms with Crippen molar-refractivity contribution in [3.63, 3.8) is 0 Å². The molecule has 1 aromatic carbocycles. The number of carbonyl (C=O) groups excluding carboxylic acids is 2. The largest absolute Gasteiger partial charge is 0.497 e. The van der Waals surface area contributed by atoms with E-state index in [9.17, 15) is 9.59 Å². The number of nitrogens with zero attached hydrogens (tertiary/aromatic N) is 3. The minimum atomic E-state index is -0.296. The Morgan fingerprint density at radius 2 is 2.04 bits per heavy atom. The van der Waals surface area contributed by atoms with E-state index in [-0.39, 0.29) is 24.3 Å². The molecule has 0 unspecified atom stereocenters. The molecular formula is C17H21N5O4. The van der Waals surface area contributed by atoms with Gasteiger partial charge in [0.1, 0.15) is 18.0 Å². The molecule has 9 heteroatoms. The quantitative estimate of drug-likeness (QED) is 0.779. The molecule has 138 valence electrons. The average Bonchev–Trinajstić information content (AvgIpc) is 3.00. The molecule has 1 heterocycles. The molecule has 2 amide bonds. The van der Waals surface area contributed by atoms with E-state index in [1.807, 2.05) is 0 Å². The van der Waals surface area contributed by atoms with Crippen molar-refractivity contribution in [1.82, 2.24) is 15.0 Å². The zero-order chi connectivity index (χ0) is 18.5. The van der Waals surface area contributed by atoms with Crippen molar-refractivity contribution in [2.75, 3.05) is 24.9 Å². The summed E-state index contributed by atoms with van der Waals surface area (Å²) in [4.78, 5) is 24.1. The molecule has 0 aliphatic heterocycles. The van der Waals surface area contributed by atoms with Gasteiger partial charge in [0, 0.05) is 12.0 Å². The number of aromatic nitrogens is 3. The Labute approximate surface area is 150 Å². The lowest BCUT2D eigenvalue weighted by molar-refractivity contribution is -0.122. The fourth-order valence-corrected chi connectivity index (χ4v) is 2.57. The molecule has 1 saturated carbocycles. The van der Waals surface area contributed by atoms with Crippen LogP contribution in [0.15, 0.2) is 24.4 Å². The van der Waals surface area contributed by atoms with E-state index in [4.69, 9.17) is 9.47 Å². The van der Waals surface area contributed by atoms with Crippen molar-refractivity contribution in [2.24, 2.45) is 5.92 Å². The smallest absolute Gasteiger partial charge is 0.246 e. The second-order valence-corrected chi connectivity index (χ2v) is 6.03. The fourth-order valence-electron chi connectivity index (χ4n) is 2.57. The van der Waals surface area contributed by atoms with Gasteiger partial charge in [-0.3, -0.25) is 9.59 Å². The number of carbonyl (C=O) groups is 2. The molecule has 0 atom stereocenters. The molecule has 1 fully saturated rings. The Morgan fingerprint density at radius 1 is 1.23 bits per heavy atom. The third-order valence-electron chi connectivity index (χ3n) is 4.25. The standard InChI is InChI=1S/C17H21N5O4/c1-25-12-6-7-13(14(8-12)26-2)18-16(23)10-22-9-15(20-21-22)19-17(24)11-4-3-5-11/h6-9,11H,3-5,10H2,1-2H3,(H,18,23)(H,19,24). The summed E-state index contributed by atoms with van der Waals surface area (Å²) in [6.07, 6.45) is 4.43. The topological polar surface area (TPSA) is 107 Å². The Balaban J connectivity index is 1.57. The van der Waals surface area contributed by atoms with Gasteiger partial charge in [0.25, 0.3) is 0 Å². The Kier molecular flexibility index (Phi) is 5.35. The highest BCUT2D eigenvalue weighted by Gasteiger charge is 2.25. The minimum absolute atomic E-state index is 0.0402. The molecule has 0 spiro atoms. The first-order chi connectivity index (χ1) is 12.6. The van der Waals surface area contributed by atoms with Crippen LogP contribution in [-0.2, 0) is 16.1 Å². The van der Waals surface area contributed by atoms with Crippen LogP contribution in [-0.4, -0.2) is 41.0 Å². The summed E-state index contributed by atoms with van der Waals surface area (Å²) in [6, 6.07) is 5.10. The van der Waals surface area contributed by atoms with Crippen LogP contribution in [0.4, 0.5) is 11.5 Å². The molecule has 2 N–H and O–H groups in total. The van der Waals surface area contributed by atoms with Crippen LogP contribution in [0.25, 0.3) is 0 Å². The summed E-state index contributed by atoms with van der Waals surface area (Å²) in [6.45, 7) is -0.0402. The monoisotopic (exact) mass is 359 g/mol. The van der Waals surface area contributed by atoms with Gasteiger partial charge in [0.15, 0.2) is 5.82 Å². The number of hydrogen-bond donors (Lipinski definition) is 2. The van der Waals surface area contributed by atoms with Crippen molar-refractivity contribution in [1.29, 1.82) is 0 Å². The molecule has 1 aliphatic carbocycles. The number of rotatable bonds is 7. The zero-order valence-corrected chi connectivity index (χ0v) is 14.7. The predicted octanol–water partition coefficient (Wildman–Crippen LogP) is 1.67. The molecule has 9 nitrogen and oxygen atoms in total. The van der Waals surface area contributed by atoms with Crippen molar-refractivity contribution < 1.29 is 19.1 Å². The van der Waals surface area contributed by atoms with Crippen molar-refractivity contribution in [3.8, 4) is 11.5 Å². The summed E-state index contributed by atoms with van der Waals surface area (Å²) >= 11 is 0. The van der Waals surface area contributed by atoms with Gasteiger partial charge >= 0.3 is 0 Å². The van der Waals surface area contributed by atoms with E-state index >= 15 is 0 Å². The highest BCUT2D eigenvalue weighted by atomic mass is 16.5. The molecule has 0 radical (unpaired) electrons. The lowest BCUT2D eigenvalue weighted by atomic mass is 9.85. The molecule has 1 aromatic heterocycles. The predicted molar refractivity (Wildman–Crippen MR) is 94.2 cm³/mol. The maximum atomic E-state index is 12.2. The minimum Gasteiger partial charge on any atom is -0.497 e. The molecule has 26 heavy (non-hydrogen) atoms. The highest BCUT2D eigenvalue weighted by Crippen LogP contribution is 2.29. The van der Waals surface area contributed by atoms with Crippen LogP contribution < -0.4 is 20.1 Å². The summed E-state index contributed by atoms with van der Waals surface area (Å²) in [7, 11) is 3.07. The van der Waals surface area contributed by atoms with Gasteiger partial charge in [0.2, 0.25) is 11.8 Å². The summed E-state index contributed by atoms with van der Waals surface area (Å²) in [5.74, 6) is 1.18. The van der Waals surface area contributed by atoms with Gasteiger partial charge in [-0.15, -0.1) is 5.10 Å². The van der Waals surface area contributed by atoms with Gasteiger partial charge in [-0.25, -0.2) is 4.68 Å². The Morgan fingerprint density at radius 3 is 2.69 bits per heavy atom. The number of ether oxygens (including phenoxy) is 2. The Bertz CT molecular complexity index is 800. The van der Waals surface area contributed by atoms with Crippen molar-refractivity contribution in [2.45, 2.75) is 25.8 Å². The maximum absolute atomic E-state index is 12.2. The second kappa shape index (κ2) is 7.85. The third kappa shape index (κ3) is 4.11. The first-order valence-corrected chi connectivity index (χ1v) is 8.32. The maximum Gasteiger partial charge on any atom is 0.246 e. The van der Waals surface area contributed by atoms with E-state index in [0.29, 0.717) is 23.0 Å². The second-order valence-electron chi connectivity index (χ2n) is 6.03. The normalized spacial score (nSPS) is 13.6. The van der Waals surface area contributed by atoms with Gasteiger partial charge in [-0.05, 0) is 25.0 Å². The van der Waals surface area contributed by atoms with Crippen molar-refractivity contribution >= 4 is 23.3 Å². The molecular weight excluding hydrogens is 338 g/mol. The summed E-state index contributed by atoms with van der Waals surface area (Å²) in [5, 5.41) is 13.2. The number of hydrogen-bond acceptors (Lipinski definition) is 6. The van der Waals surface area contributed by atoms with E-state index < -0.39 is 0 Å². The number of anilines is 2. The number of methoxy groups -OCH3 is 2. The molecule has 1 aliphatic rings. The highest BCUT2D eigenvalue weighted by molar-refractivity contribution is 5.93. The van der Waals surface area contributed by atoms with E-state index in [0.717, 1.165) is 19.3 Å². The van der Waals surface area contributed by atoms with Crippen LogP contribution in [0.3, 0.4) is 0 Å². The van der Waals surface area contributed by atoms with E-state index in [1.165, 1.54) is 18.0 Å². The molecule has 3 rings (SSSR count). The number of amides is 2. The third-order valence-corrected chi connectivity index (χ3v) is 4.25. The van der Waals surface area contributed by atoms with Gasteiger partial charge in [-0.1, -0.05) is 11.6 Å². The zero-order valence-electron chi connectivity index (χ0n) is 14.7. The van der Waals surface area contributed by atoms with Crippen LogP contribution in [0.1, 0.15) is 19.3 Å². The van der Waals surface area contributed by atoms with E-state index in [2.05, 4.69) is 20.9 Å². The number of nitrogens with one attached hydrogen (secondary N) is 2. The van der Waals surface area contributed by atoms with Gasteiger partial charge in [0.05, 0.1) is 26.1 Å². The lowest BCUT2D eigenvalue weighted by Gasteiger charge is -2.23. The van der Waals surface area contributed by atoms with Gasteiger partial charge < -0.3 is 20.1 Å². The first-order valence-electron chi connectivity index (χ1n) is 8.32.